The van der Waals surface area contributed by atoms with Crippen molar-refractivity contribution in [3.8, 4) is 11.5 Å². The number of nitrogens with zero attached hydrogens (tertiary/aromatic N) is 2. The molecule has 6 nitrogen and oxygen atoms in total. The van der Waals surface area contributed by atoms with Crippen LogP contribution in [-0.4, -0.2) is 48.2 Å². The molecule has 0 bridgehead atoms. The highest BCUT2D eigenvalue weighted by Gasteiger charge is 2.24. The number of piperidine rings is 1. The summed E-state index contributed by atoms with van der Waals surface area (Å²) in [6.07, 6.45) is 2.25. The summed E-state index contributed by atoms with van der Waals surface area (Å²) in [5, 5.41) is 3.89. The number of ether oxygens (including phenoxy) is 2. The number of nitrogens with one attached hydrogen (secondary N) is 2. The van der Waals surface area contributed by atoms with Gasteiger partial charge in [0.1, 0.15) is 23.9 Å². The molecule has 1 saturated heterocycles. The third-order valence-electron chi connectivity index (χ3n) is 6.56. The Labute approximate surface area is 200 Å². The summed E-state index contributed by atoms with van der Waals surface area (Å²) in [4.78, 5) is 10.9. The summed E-state index contributed by atoms with van der Waals surface area (Å²) >= 11 is 0. The Kier molecular flexibility index (Phi) is 6.79. The van der Waals surface area contributed by atoms with Gasteiger partial charge in [-0.3, -0.25) is 0 Å². The molecule has 3 aromatic carbocycles. The van der Waals surface area contributed by atoms with E-state index in [1.165, 1.54) is 0 Å². The van der Waals surface area contributed by atoms with E-state index in [1.54, 1.807) is 7.11 Å². The fraction of sp³-hybridized carbons (Fsp3) is 0.321. The van der Waals surface area contributed by atoms with Crippen LogP contribution in [0.5, 0.6) is 11.5 Å². The predicted octanol–water partition coefficient (Wildman–Crippen LogP) is 4.92. The van der Waals surface area contributed by atoms with Crippen molar-refractivity contribution >= 4 is 11.0 Å². The normalized spacial score (nSPS) is 15.9. The molecular formula is C28H32N4O2. The number of para-hydroxylation sites is 2. The number of hydrogen-bond donors (Lipinski definition) is 2. The van der Waals surface area contributed by atoms with Gasteiger partial charge in [-0.2, -0.15) is 0 Å². The lowest BCUT2D eigenvalue weighted by Gasteiger charge is -2.32. The Morgan fingerprint density at radius 2 is 1.79 bits per heavy atom. The number of imidazole rings is 1. The van der Waals surface area contributed by atoms with Gasteiger partial charge in [-0.1, -0.05) is 36.4 Å². The maximum atomic E-state index is 6.15. The zero-order valence-corrected chi connectivity index (χ0v) is 19.8. The molecule has 1 aromatic heterocycles. The molecule has 1 aliphatic heterocycles. The standard InChI is InChI=1S/C28H32N4O2/c1-32-16-14-22(15-17-32)29-27(28-30-25-8-3-4-9-26(25)31-28)21-6-5-7-24(18-21)34-19-20-10-12-23(33-2)13-11-20/h3-13,18,22,27,29H,14-17,19H2,1-2H3,(H,30,31). The highest BCUT2D eigenvalue weighted by Crippen LogP contribution is 2.28. The van der Waals surface area contributed by atoms with E-state index in [9.17, 15) is 0 Å². The van der Waals surface area contributed by atoms with Crippen molar-refractivity contribution in [1.29, 1.82) is 0 Å². The molecule has 6 heteroatoms. The molecule has 1 aliphatic rings. The maximum absolute atomic E-state index is 6.15. The molecule has 176 valence electrons. The van der Waals surface area contributed by atoms with Gasteiger partial charge < -0.3 is 24.7 Å². The van der Waals surface area contributed by atoms with Crippen LogP contribution in [0.1, 0.15) is 35.8 Å². The van der Waals surface area contributed by atoms with Gasteiger partial charge in [0.05, 0.1) is 24.2 Å². The van der Waals surface area contributed by atoms with E-state index in [4.69, 9.17) is 14.5 Å². The van der Waals surface area contributed by atoms with Gasteiger partial charge >= 0.3 is 0 Å². The van der Waals surface area contributed by atoms with Crippen molar-refractivity contribution in [3.63, 3.8) is 0 Å². The number of likely N-dealkylation sites (tertiary alicyclic amines) is 1. The number of aromatic amines is 1. The number of rotatable bonds is 8. The first kappa shape index (κ1) is 22.4. The molecule has 1 unspecified atom stereocenters. The van der Waals surface area contributed by atoms with E-state index in [1.807, 2.05) is 42.5 Å². The van der Waals surface area contributed by atoms with Crippen molar-refractivity contribution in [3.05, 3.63) is 89.7 Å². The molecule has 2 heterocycles. The highest BCUT2D eigenvalue weighted by molar-refractivity contribution is 5.75. The first-order valence-corrected chi connectivity index (χ1v) is 11.9. The van der Waals surface area contributed by atoms with E-state index in [2.05, 4.69) is 52.6 Å². The van der Waals surface area contributed by atoms with E-state index in [0.717, 1.165) is 65.4 Å². The summed E-state index contributed by atoms with van der Waals surface area (Å²) in [6.45, 7) is 2.72. The predicted molar refractivity (Wildman–Crippen MR) is 135 cm³/mol. The first-order chi connectivity index (χ1) is 16.7. The molecule has 5 rings (SSSR count). The molecule has 2 N–H and O–H groups in total. The molecule has 0 amide bonds. The second-order valence-electron chi connectivity index (χ2n) is 9.03. The Hall–Kier alpha value is -3.35. The SMILES string of the molecule is COc1ccc(COc2cccc(C(NC3CCN(C)CC3)c3nc4ccccc4[nH]3)c2)cc1. The first-order valence-electron chi connectivity index (χ1n) is 11.9. The van der Waals surface area contributed by atoms with Gasteiger partial charge in [-0.15, -0.1) is 0 Å². The van der Waals surface area contributed by atoms with Crippen molar-refractivity contribution < 1.29 is 9.47 Å². The minimum atomic E-state index is -0.0367. The van der Waals surface area contributed by atoms with E-state index < -0.39 is 0 Å². The van der Waals surface area contributed by atoms with Crippen molar-refractivity contribution in [2.75, 3.05) is 27.2 Å². The Morgan fingerprint density at radius 3 is 2.56 bits per heavy atom. The van der Waals surface area contributed by atoms with Crippen LogP contribution in [0.3, 0.4) is 0 Å². The summed E-state index contributed by atoms with van der Waals surface area (Å²) in [5.74, 6) is 2.63. The second kappa shape index (κ2) is 10.3. The van der Waals surface area contributed by atoms with E-state index in [0.29, 0.717) is 12.6 Å². The van der Waals surface area contributed by atoms with Gasteiger partial charge in [0, 0.05) is 6.04 Å². The van der Waals surface area contributed by atoms with Crippen molar-refractivity contribution in [1.82, 2.24) is 20.2 Å². The smallest absolute Gasteiger partial charge is 0.129 e. The van der Waals surface area contributed by atoms with Crippen LogP contribution in [0.2, 0.25) is 0 Å². The number of fused-ring (bicyclic) bond motifs is 1. The molecule has 34 heavy (non-hydrogen) atoms. The zero-order chi connectivity index (χ0) is 23.3. The monoisotopic (exact) mass is 456 g/mol. The van der Waals surface area contributed by atoms with Crippen LogP contribution in [0.25, 0.3) is 11.0 Å². The van der Waals surface area contributed by atoms with Crippen LogP contribution in [0.15, 0.2) is 72.8 Å². The lowest BCUT2D eigenvalue weighted by molar-refractivity contribution is 0.228. The minimum absolute atomic E-state index is 0.0367. The topological polar surface area (TPSA) is 62.4 Å². The number of hydrogen-bond acceptors (Lipinski definition) is 5. The quantitative estimate of drug-likeness (QED) is 0.394. The maximum Gasteiger partial charge on any atom is 0.129 e. The second-order valence-corrected chi connectivity index (χ2v) is 9.03. The van der Waals surface area contributed by atoms with Gasteiger partial charge in [0.25, 0.3) is 0 Å². The Balaban J connectivity index is 1.38. The lowest BCUT2D eigenvalue weighted by Crippen LogP contribution is -2.42. The number of H-pyrrole nitrogens is 1. The van der Waals surface area contributed by atoms with Crippen LogP contribution in [-0.2, 0) is 6.61 Å². The average Bonchev–Trinajstić information content (AvgIpc) is 3.31. The number of methoxy groups -OCH3 is 1. The van der Waals surface area contributed by atoms with Crippen molar-refractivity contribution in [2.45, 2.75) is 31.5 Å². The van der Waals surface area contributed by atoms with Crippen LogP contribution < -0.4 is 14.8 Å². The van der Waals surface area contributed by atoms with Gasteiger partial charge in [-0.05, 0) is 80.5 Å². The Morgan fingerprint density at radius 1 is 1.00 bits per heavy atom. The Bertz CT molecular complexity index is 1180. The summed E-state index contributed by atoms with van der Waals surface area (Å²) in [7, 11) is 3.87. The fourth-order valence-corrected chi connectivity index (χ4v) is 4.53. The van der Waals surface area contributed by atoms with Gasteiger partial charge in [0.15, 0.2) is 0 Å². The van der Waals surface area contributed by atoms with Crippen molar-refractivity contribution in [2.24, 2.45) is 0 Å². The largest absolute Gasteiger partial charge is 0.497 e. The molecule has 0 saturated carbocycles. The third-order valence-corrected chi connectivity index (χ3v) is 6.56. The highest BCUT2D eigenvalue weighted by atomic mass is 16.5. The molecule has 0 spiro atoms. The van der Waals surface area contributed by atoms with E-state index >= 15 is 0 Å². The number of aromatic nitrogens is 2. The van der Waals surface area contributed by atoms with Crippen LogP contribution >= 0.6 is 0 Å². The minimum Gasteiger partial charge on any atom is -0.497 e. The molecule has 0 radical (unpaired) electrons. The number of benzene rings is 3. The van der Waals surface area contributed by atoms with E-state index in [-0.39, 0.29) is 6.04 Å². The molecule has 4 aromatic rings. The fourth-order valence-electron chi connectivity index (χ4n) is 4.53. The summed E-state index contributed by atoms with van der Waals surface area (Å²) < 4.78 is 11.4. The molecule has 1 fully saturated rings. The molecule has 0 aliphatic carbocycles. The van der Waals surface area contributed by atoms with Gasteiger partial charge in [0.2, 0.25) is 0 Å². The third kappa shape index (κ3) is 5.24. The molecule has 1 atom stereocenters. The zero-order valence-electron chi connectivity index (χ0n) is 19.8. The van der Waals surface area contributed by atoms with Gasteiger partial charge in [-0.25, -0.2) is 4.98 Å². The van der Waals surface area contributed by atoms with Crippen LogP contribution in [0, 0.1) is 0 Å². The summed E-state index contributed by atoms with van der Waals surface area (Å²) in [6, 6.07) is 24.9. The molecular weight excluding hydrogens is 424 g/mol. The average molecular weight is 457 g/mol. The lowest BCUT2D eigenvalue weighted by atomic mass is 10.0. The van der Waals surface area contributed by atoms with Crippen LogP contribution in [0.4, 0.5) is 0 Å². The summed E-state index contributed by atoms with van der Waals surface area (Å²) in [5.41, 5.74) is 4.29.